The highest BCUT2D eigenvalue weighted by molar-refractivity contribution is 6.20. The van der Waals surface area contributed by atoms with Crippen LogP contribution in [0.15, 0.2) is 158 Å². The number of hydrogen-bond donors (Lipinski definition) is 0. The highest BCUT2D eigenvalue weighted by Crippen LogP contribution is 2.53. The van der Waals surface area contributed by atoms with Crippen molar-refractivity contribution in [3.05, 3.63) is 169 Å². The topological polar surface area (TPSA) is 0 Å². The lowest BCUT2D eigenvalue weighted by molar-refractivity contribution is 0.666. The van der Waals surface area contributed by atoms with Crippen LogP contribution in [0.2, 0.25) is 0 Å². The Labute approximate surface area is 274 Å². The van der Waals surface area contributed by atoms with Crippen molar-refractivity contribution < 1.29 is 0 Å². The van der Waals surface area contributed by atoms with Crippen LogP contribution in [-0.4, -0.2) is 0 Å². The summed E-state index contributed by atoms with van der Waals surface area (Å²) in [5.41, 5.74) is 10.5. The van der Waals surface area contributed by atoms with Gasteiger partial charge in [0.05, 0.1) is 0 Å². The number of benzene rings is 9. The first-order chi connectivity index (χ1) is 23.1. The molecule has 1 aliphatic rings. The van der Waals surface area contributed by atoms with Crippen LogP contribution >= 0.6 is 0 Å². The summed E-state index contributed by atoms with van der Waals surface area (Å²) >= 11 is 0. The molecule has 0 nitrogen and oxygen atoms in total. The van der Waals surface area contributed by atoms with Crippen LogP contribution in [0.5, 0.6) is 0 Å². The maximum atomic E-state index is 2.49. The third-order valence-corrected chi connectivity index (χ3v) is 10.8. The number of rotatable bonds is 2. The summed E-state index contributed by atoms with van der Waals surface area (Å²) in [6.07, 6.45) is 0. The molecule has 0 aliphatic heterocycles. The molecule has 0 aromatic heterocycles. The van der Waals surface area contributed by atoms with Gasteiger partial charge in [0.15, 0.2) is 0 Å². The fourth-order valence-corrected chi connectivity index (χ4v) is 8.58. The van der Waals surface area contributed by atoms with Gasteiger partial charge in [-0.3, -0.25) is 0 Å². The van der Waals surface area contributed by atoms with E-state index in [0.717, 1.165) is 0 Å². The third kappa shape index (κ3) is 3.76. The molecule has 0 saturated carbocycles. The summed E-state index contributed by atoms with van der Waals surface area (Å²) < 4.78 is 0. The number of fused-ring (bicyclic) bond motifs is 10. The molecule has 10 rings (SSSR count). The molecule has 0 atom stereocenters. The van der Waals surface area contributed by atoms with E-state index in [0.29, 0.717) is 0 Å². The lowest BCUT2D eigenvalue weighted by Gasteiger charge is -2.24. The molecule has 0 spiro atoms. The molecule has 0 saturated heterocycles. The molecule has 1 aliphatic carbocycles. The van der Waals surface area contributed by atoms with Crippen molar-refractivity contribution in [2.75, 3.05) is 0 Å². The van der Waals surface area contributed by atoms with Crippen LogP contribution in [0.1, 0.15) is 25.0 Å². The number of hydrogen-bond acceptors (Lipinski definition) is 0. The molecule has 0 radical (unpaired) electrons. The Bertz CT molecular complexity index is 2760. The van der Waals surface area contributed by atoms with Gasteiger partial charge < -0.3 is 0 Å². The maximum absolute atomic E-state index is 2.49. The largest absolute Gasteiger partial charge is 0.0616 e. The van der Waals surface area contributed by atoms with Crippen LogP contribution in [0.3, 0.4) is 0 Å². The molecule has 0 unspecified atom stereocenters. The summed E-state index contributed by atoms with van der Waals surface area (Å²) in [6, 6.07) is 58.9. The van der Waals surface area contributed by atoms with E-state index in [9.17, 15) is 0 Å². The second-order valence-corrected chi connectivity index (χ2v) is 13.7. The van der Waals surface area contributed by atoms with Gasteiger partial charge in [-0.15, -0.1) is 0 Å². The zero-order valence-electron chi connectivity index (χ0n) is 26.5. The lowest BCUT2D eigenvalue weighted by Crippen LogP contribution is -2.15. The molecule has 0 heteroatoms. The van der Waals surface area contributed by atoms with Gasteiger partial charge in [0.1, 0.15) is 0 Å². The first kappa shape index (κ1) is 26.5. The van der Waals surface area contributed by atoms with Gasteiger partial charge in [-0.2, -0.15) is 0 Å². The molecule has 9 aromatic rings. The van der Waals surface area contributed by atoms with Crippen molar-refractivity contribution in [2.24, 2.45) is 0 Å². The van der Waals surface area contributed by atoms with Crippen molar-refractivity contribution in [1.82, 2.24) is 0 Å². The zero-order chi connectivity index (χ0) is 31.3. The molecular formula is C47H32. The van der Waals surface area contributed by atoms with Gasteiger partial charge in [-0.05, 0) is 117 Å². The van der Waals surface area contributed by atoms with Crippen molar-refractivity contribution in [2.45, 2.75) is 19.3 Å². The van der Waals surface area contributed by atoms with E-state index in [2.05, 4.69) is 172 Å². The van der Waals surface area contributed by atoms with Crippen molar-refractivity contribution in [3.8, 4) is 33.4 Å². The van der Waals surface area contributed by atoms with Gasteiger partial charge in [-0.1, -0.05) is 153 Å². The van der Waals surface area contributed by atoms with Crippen molar-refractivity contribution in [3.63, 3.8) is 0 Å². The van der Waals surface area contributed by atoms with E-state index in [1.165, 1.54) is 98.4 Å². The van der Waals surface area contributed by atoms with E-state index in [-0.39, 0.29) is 5.41 Å². The first-order valence-electron chi connectivity index (χ1n) is 16.6. The third-order valence-electron chi connectivity index (χ3n) is 10.8. The van der Waals surface area contributed by atoms with Gasteiger partial charge in [0.2, 0.25) is 0 Å². The Morgan fingerprint density at radius 1 is 0.340 bits per heavy atom. The molecule has 0 heterocycles. The van der Waals surface area contributed by atoms with Gasteiger partial charge in [0, 0.05) is 5.41 Å². The minimum Gasteiger partial charge on any atom is -0.0616 e. The van der Waals surface area contributed by atoms with E-state index < -0.39 is 0 Å². The summed E-state index contributed by atoms with van der Waals surface area (Å²) in [4.78, 5) is 0. The smallest absolute Gasteiger partial charge is 0.0165 e. The molecule has 220 valence electrons. The average Bonchev–Trinajstić information content (AvgIpc) is 3.35. The molecular weight excluding hydrogens is 565 g/mol. The Balaban J connectivity index is 1.19. The van der Waals surface area contributed by atoms with Gasteiger partial charge >= 0.3 is 0 Å². The van der Waals surface area contributed by atoms with Crippen molar-refractivity contribution >= 4 is 53.9 Å². The van der Waals surface area contributed by atoms with Crippen LogP contribution in [0.4, 0.5) is 0 Å². The predicted octanol–water partition coefficient (Wildman–Crippen LogP) is 13.1. The molecule has 0 fully saturated rings. The van der Waals surface area contributed by atoms with Crippen LogP contribution in [-0.2, 0) is 5.41 Å². The predicted molar refractivity (Wildman–Crippen MR) is 202 cm³/mol. The standard InChI is InChI=1S/C47H32/c1-47(2)44-28-34(45-37-15-8-6-13-32(37)27-43-35-14-7-5-11-30(35)20-23-40(43)45)21-22-39(44)42-25-24-38-36(16-9-17-41(38)46(42)47)33-19-18-29-10-3-4-12-31(29)26-33/h3-28H,1-2H3. The average molecular weight is 597 g/mol. The first-order valence-corrected chi connectivity index (χ1v) is 16.6. The molecule has 0 bridgehead atoms. The van der Waals surface area contributed by atoms with Crippen LogP contribution < -0.4 is 0 Å². The molecule has 0 amide bonds. The molecule has 9 aromatic carbocycles. The Morgan fingerprint density at radius 2 is 1.00 bits per heavy atom. The summed E-state index contributed by atoms with van der Waals surface area (Å²) in [5, 5.41) is 13.0. The summed E-state index contributed by atoms with van der Waals surface area (Å²) in [6.45, 7) is 4.83. The Morgan fingerprint density at radius 3 is 1.87 bits per heavy atom. The van der Waals surface area contributed by atoms with Crippen LogP contribution in [0, 0.1) is 0 Å². The SMILES string of the molecule is CC1(C)c2cc(-c3c4ccccc4cc4c3ccc3ccccc34)ccc2-c2ccc3c(-c4ccc5ccccc5c4)cccc3c21. The van der Waals surface area contributed by atoms with E-state index in [1.54, 1.807) is 0 Å². The second kappa shape index (κ2) is 9.64. The quantitative estimate of drug-likeness (QED) is 0.138. The minimum atomic E-state index is -0.157. The van der Waals surface area contributed by atoms with Gasteiger partial charge in [0.25, 0.3) is 0 Å². The molecule has 47 heavy (non-hydrogen) atoms. The van der Waals surface area contributed by atoms with E-state index in [1.807, 2.05) is 0 Å². The van der Waals surface area contributed by atoms with Gasteiger partial charge in [-0.25, -0.2) is 0 Å². The minimum absolute atomic E-state index is 0.157. The fourth-order valence-electron chi connectivity index (χ4n) is 8.58. The monoisotopic (exact) mass is 596 g/mol. The van der Waals surface area contributed by atoms with E-state index in [4.69, 9.17) is 0 Å². The Kier molecular flexibility index (Phi) is 5.44. The lowest BCUT2D eigenvalue weighted by atomic mass is 9.78. The molecule has 0 N–H and O–H groups in total. The Hall–Kier alpha value is -5.72. The van der Waals surface area contributed by atoms with Crippen LogP contribution in [0.25, 0.3) is 87.2 Å². The van der Waals surface area contributed by atoms with Crippen molar-refractivity contribution in [1.29, 1.82) is 0 Å². The summed E-state index contributed by atoms with van der Waals surface area (Å²) in [5.74, 6) is 0. The highest BCUT2D eigenvalue weighted by atomic mass is 14.4. The second-order valence-electron chi connectivity index (χ2n) is 13.7. The van der Waals surface area contributed by atoms with E-state index >= 15 is 0 Å². The zero-order valence-corrected chi connectivity index (χ0v) is 26.5. The summed E-state index contributed by atoms with van der Waals surface area (Å²) in [7, 11) is 0. The normalized spacial score (nSPS) is 13.5. The fraction of sp³-hybridized carbons (Fsp3) is 0.0638. The maximum Gasteiger partial charge on any atom is 0.0165 e. The highest BCUT2D eigenvalue weighted by Gasteiger charge is 2.37.